The zero-order valence-corrected chi connectivity index (χ0v) is 11.9. The number of hydrogen-bond acceptors (Lipinski definition) is 5. The van der Waals surface area contributed by atoms with Gasteiger partial charge in [-0.1, -0.05) is 0 Å². The van der Waals surface area contributed by atoms with Crippen LogP contribution in [0.15, 0.2) is 24.3 Å². The van der Waals surface area contributed by atoms with E-state index in [4.69, 9.17) is 9.57 Å². The van der Waals surface area contributed by atoms with Gasteiger partial charge in [0, 0.05) is 37.3 Å². The molecule has 0 aromatic heterocycles. The molecule has 1 fully saturated rings. The number of Topliss-reactive ketones (excluding diaryl/α,β-unsaturated/α-hetero) is 1. The molecule has 0 radical (unpaired) electrons. The molecule has 1 aromatic carbocycles. The molecule has 0 spiro atoms. The highest BCUT2D eigenvalue weighted by Gasteiger charge is 2.12. The smallest absolute Gasteiger partial charge is 0.162 e. The van der Waals surface area contributed by atoms with Gasteiger partial charge in [0.05, 0.1) is 20.3 Å². The van der Waals surface area contributed by atoms with E-state index in [0.717, 1.165) is 44.0 Å². The Bertz CT molecular complexity index is 414. The van der Waals surface area contributed by atoms with Crippen LogP contribution in [0.2, 0.25) is 0 Å². The third kappa shape index (κ3) is 4.30. The summed E-state index contributed by atoms with van der Waals surface area (Å²) in [5.41, 5.74) is 4.67. The molecule has 0 unspecified atom stereocenters. The van der Waals surface area contributed by atoms with Crippen LogP contribution in [0, 0.1) is 0 Å². The van der Waals surface area contributed by atoms with Crippen molar-refractivity contribution in [2.45, 2.75) is 12.8 Å². The summed E-state index contributed by atoms with van der Waals surface area (Å²) in [5.74, 6) is 0.177. The molecule has 0 amide bonds. The zero-order valence-electron chi connectivity index (χ0n) is 11.9. The van der Waals surface area contributed by atoms with Crippen LogP contribution >= 0.6 is 0 Å². The number of nitrogens with one attached hydrogen (secondary N) is 1. The lowest BCUT2D eigenvalue weighted by atomic mass is 10.1. The van der Waals surface area contributed by atoms with Crippen LogP contribution in [-0.4, -0.2) is 45.7 Å². The van der Waals surface area contributed by atoms with E-state index >= 15 is 0 Å². The normalized spacial score (nSPS) is 15.3. The van der Waals surface area contributed by atoms with Gasteiger partial charge in [0.25, 0.3) is 0 Å². The second-order valence-electron chi connectivity index (χ2n) is 4.77. The average Bonchev–Trinajstić information content (AvgIpc) is 2.52. The summed E-state index contributed by atoms with van der Waals surface area (Å²) >= 11 is 0. The Morgan fingerprint density at radius 1 is 1.30 bits per heavy atom. The third-order valence-electron chi connectivity index (χ3n) is 3.39. The van der Waals surface area contributed by atoms with Crippen molar-refractivity contribution in [2.24, 2.45) is 0 Å². The molecule has 0 aliphatic carbocycles. The van der Waals surface area contributed by atoms with Crippen LogP contribution in [0.3, 0.4) is 0 Å². The number of ether oxygens (including phenoxy) is 1. The Balaban J connectivity index is 1.85. The fraction of sp³-hybridized carbons (Fsp3) is 0.533. The lowest BCUT2D eigenvalue weighted by Gasteiger charge is -2.28. The first kappa shape index (κ1) is 15.0. The van der Waals surface area contributed by atoms with Crippen LogP contribution in [0.25, 0.3) is 0 Å². The van der Waals surface area contributed by atoms with E-state index in [1.807, 2.05) is 24.3 Å². The molecular formula is C15H22N2O3. The minimum Gasteiger partial charge on any atom is -0.378 e. The number of carbonyl (C=O) groups is 1. The second kappa shape index (κ2) is 7.99. The molecule has 1 aromatic rings. The van der Waals surface area contributed by atoms with Crippen molar-refractivity contribution in [2.75, 3.05) is 44.9 Å². The molecule has 20 heavy (non-hydrogen) atoms. The van der Waals surface area contributed by atoms with Gasteiger partial charge in [0.2, 0.25) is 0 Å². The van der Waals surface area contributed by atoms with Crippen molar-refractivity contribution in [1.82, 2.24) is 5.48 Å². The second-order valence-corrected chi connectivity index (χ2v) is 4.77. The van der Waals surface area contributed by atoms with Crippen LogP contribution in [0.1, 0.15) is 23.2 Å². The van der Waals surface area contributed by atoms with Crippen molar-refractivity contribution < 1.29 is 14.4 Å². The molecule has 0 bridgehead atoms. The number of nitrogens with zero attached hydrogens (tertiary/aromatic N) is 1. The lowest BCUT2D eigenvalue weighted by molar-refractivity contribution is 0.0864. The van der Waals surface area contributed by atoms with Crippen molar-refractivity contribution in [3.63, 3.8) is 0 Å². The fourth-order valence-corrected chi connectivity index (χ4v) is 2.25. The van der Waals surface area contributed by atoms with Gasteiger partial charge < -0.3 is 14.5 Å². The van der Waals surface area contributed by atoms with Gasteiger partial charge in [-0.3, -0.25) is 4.79 Å². The Labute approximate surface area is 119 Å². The van der Waals surface area contributed by atoms with E-state index in [-0.39, 0.29) is 5.78 Å². The van der Waals surface area contributed by atoms with E-state index in [0.29, 0.717) is 13.0 Å². The lowest BCUT2D eigenvalue weighted by Crippen LogP contribution is -2.36. The molecule has 1 N–H and O–H groups in total. The highest BCUT2D eigenvalue weighted by Crippen LogP contribution is 2.17. The fourth-order valence-electron chi connectivity index (χ4n) is 2.25. The molecule has 2 rings (SSSR count). The summed E-state index contributed by atoms with van der Waals surface area (Å²) in [6.45, 7) is 4.06. The molecule has 110 valence electrons. The molecule has 1 aliphatic rings. The molecule has 1 heterocycles. The quantitative estimate of drug-likeness (QED) is 0.467. The number of hydroxylamine groups is 1. The first-order valence-electron chi connectivity index (χ1n) is 7.03. The van der Waals surface area contributed by atoms with Crippen LogP contribution in [0.4, 0.5) is 5.69 Å². The highest BCUT2D eigenvalue weighted by molar-refractivity contribution is 5.96. The maximum Gasteiger partial charge on any atom is 0.162 e. The summed E-state index contributed by atoms with van der Waals surface area (Å²) in [4.78, 5) is 19.0. The third-order valence-corrected chi connectivity index (χ3v) is 3.39. The summed E-state index contributed by atoms with van der Waals surface area (Å²) in [7, 11) is 1.58. The predicted molar refractivity (Wildman–Crippen MR) is 78.1 cm³/mol. The maximum absolute atomic E-state index is 12.0. The van der Waals surface area contributed by atoms with Gasteiger partial charge in [-0.15, -0.1) is 0 Å². The number of carbonyl (C=O) groups excluding carboxylic acids is 1. The zero-order chi connectivity index (χ0) is 14.2. The van der Waals surface area contributed by atoms with Gasteiger partial charge in [0.1, 0.15) is 0 Å². The molecule has 5 nitrogen and oxygen atoms in total. The molecule has 5 heteroatoms. The monoisotopic (exact) mass is 278 g/mol. The number of anilines is 1. The Morgan fingerprint density at radius 2 is 2.00 bits per heavy atom. The highest BCUT2D eigenvalue weighted by atomic mass is 16.6. The van der Waals surface area contributed by atoms with Crippen molar-refractivity contribution >= 4 is 11.5 Å². The summed E-state index contributed by atoms with van der Waals surface area (Å²) in [6, 6.07) is 7.87. The van der Waals surface area contributed by atoms with Gasteiger partial charge in [0.15, 0.2) is 5.78 Å². The minimum absolute atomic E-state index is 0.177. The Hall–Kier alpha value is -1.43. The van der Waals surface area contributed by atoms with E-state index < -0.39 is 0 Å². The molecule has 0 atom stereocenters. The number of morpholine rings is 1. The summed E-state index contributed by atoms with van der Waals surface area (Å²) < 4.78 is 5.34. The molecule has 1 saturated heterocycles. The molecule has 0 saturated carbocycles. The van der Waals surface area contributed by atoms with Gasteiger partial charge in [-0.2, -0.15) is 0 Å². The largest absolute Gasteiger partial charge is 0.378 e. The Morgan fingerprint density at radius 3 is 2.65 bits per heavy atom. The van der Waals surface area contributed by atoms with Crippen LogP contribution in [0.5, 0.6) is 0 Å². The van der Waals surface area contributed by atoms with Crippen molar-refractivity contribution in [3.05, 3.63) is 29.8 Å². The number of rotatable bonds is 7. The first-order chi connectivity index (χ1) is 9.81. The molecule has 1 aliphatic heterocycles. The standard InChI is InChI=1S/C15H22N2O3/c1-19-16-8-2-3-15(18)13-4-6-14(7-5-13)17-9-11-20-12-10-17/h4-7,16H,2-3,8-12H2,1H3. The van der Waals surface area contributed by atoms with Gasteiger partial charge in [-0.25, -0.2) is 5.48 Å². The van der Waals surface area contributed by atoms with Crippen LogP contribution < -0.4 is 10.4 Å². The first-order valence-corrected chi connectivity index (χ1v) is 7.03. The minimum atomic E-state index is 0.177. The number of ketones is 1. The predicted octanol–water partition coefficient (Wildman–Crippen LogP) is 1.64. The number of benzene rings is 1. The van der Waals surface area contributed by atoms with Crippen molar-refractivity contribution in [1.29, 1.82) is 0 Å². The SMILES string of the molecule is CONCCCC(=O)c1ccc(N2CCOCC2)cc1. The van der Waals surface area contributed by atoms with Gasteiger partial charge in [-0.05, 0) is 30.7 Å². The average molecular weight is 278 g/mol. The molecular weight excluding hydrogens is 256 g/mol. The van der Waals surface area contributed by atoms with E-state index in [9.17, 15) is 4.79 Å². The van der Waals surface area contributed by atoms with E-state index in [1.54, 1.807) is 7.11 Å². The summed E-state index contributed by atoms with van der Waals surface area (Å²) in [6.07, 6.45) is 1.31. The van der Waals surface area contributed by atoms with E-state index in [2.05, 4.69) is 10.4 Å². The van der Waals surface area contributed by atoms with E-state index in [1.165, 1.54) is 0 Å². The maximum atomic E-state index is 12.0. The topological polar surface area (TPSA) is 50.8 Å². The van der Waals surface area contributed by atoms with Crippen LogP contribution in [-0.2, 0) is 9.57 Å². The van der Waals surface area contributed by atoms with Gasteiger partial charge >= 0.3 is 0 Å². The summed E-state index contributed by atoms with van der Waals surface area (Å²) in [5, 5.41) is 0. The van der Waals surface area contributed by atoms with Crippen molar-refractivity contribution in [3.8, 4) is 0 Å². The Kier molecular flexibility index (Phi) is 5.98. The number of hydrogen-bond donors (Lipinski definition) is 1.